The number of amides is 1. The Kier molecular flexibility index (Phi) is 5.29. The molecule has 8 nitrogen and oxygen atoms in total. The van der Waals surface area contributed by atoms with Gasteiger partial charge in [-0.3, -0.25) is 4.79 Å². The summed E-state index contributed by atoms with van der Waals surface area (Å²) in [6.07, 6.45) is 3.18. The Balaban J connectivity index is 1.85. The van der Waals surface area contributed by atoms with Crippen molar-refractivity contribution in [2.45, 2.75) is 26.8 Å². The number of carbonyl (C=O) groups excluding carboxylic acids is 2. The molecule has 0 saturated heterocycles. The van der Waals surface area contributed by atoms with Crippen LogP contribution in [0.15, 0.2) is 53.3 Å². The molecular weight excluding hydrogens is 396 g/mol. The molecule has 0 bridgehead atoms. The molecule has 8 heteroatoms. The molecule has 0 spiro atoms. The van der Waals surface area contributed by atoms with Crippen molar-refractivity contribution in [3.8, 4) is 11.5 Å². The number of ether oxygens (including phenoxy) is 1. The lowest BCUT2D eigenvalue weighted by atomic mass is 10.1. The first-order valence-corrected chi connectivity index (χ1v) is 9.82. The van der Waals surface area contributed by atoms with Gasteiger partial charge < -0.3 is 14.5 Å². The second kappa shape index (κ2) is 8.06. The normalized spacial score (nSPS) is 11.1. The van der Waals surface area contributed by atoms with E-state index in [1.54, 1.807) is 47.5 Å². The van der Waals surface area contributed by atoms with E-state index in [0.717, 1.165) is 5.56 Å². The quantitative estimate of drug-likeness (QED) is 0.475. The summed E-state index contributed by atoms with van der Waals surface area (Å²) in [5.74, 6) is -0.371. The van der Waals surface area contributed by atoms with Crippen molar-refractivity contribution >= 4 is 28.6 Å². The smallest absolute Gasteiger partial charge is 0.339 e. The van der Waals surface area contributed by atoms with E-state index in [2.05, 4.69) is 15.4 Å². The van der Waals surface area contributed by atoms with E-state index < -0.39 is 5.97 Å². The van der Waals surface area contributed by atoms with Gasteiger partial charge in [0, 0.05) is 6.04 Å². The van der Waals surface area contributed by atoms with Gasteiger partial charge in [-0.1, -0.05) is 12.1 Å². The number of rotatable bonds is 5. The molecule has 0 fully saturated rings. The second-order valence-corrected chi connectivity index (χ2v) is 7.40. The summed E-state index contributed by atoms with van der Waals surface area (Å²) in [6.45, 7) is 5.79. The van der Waals surface area contributed by atoms with E-state index >= 15 is 0 Å². The number of para-hydroxylation sites is 1. The topological polar surface area (TPSA) is 99.2 Å². The Morgan fingerprint density at radius 1 is 1.16 bits per heavy atom. The van der Waals surface area contributed by atoms with Crippen molar-refractivity contribution in [3.05, 3.63) is 65.5 Å². The highest BCUT2D eigenvalue weighted by atomic mass is 16.5. The summed E-state index contributed by atoms with van der Waals surface area (Å²) in [5.41, 5.74) is 2.90. The highest BCUT2D eigenvalue weighted by molar-refractivity contribution is 6.14. The largest absolute Gasteiger partial charge is 0.465 e. The predicted octanol–water partition coefficient (Wildman–Crippen LogP) is 4.62. The average molecular weight is 418 g/mol. The monoisotopic (exact) mass is 418 g/mol. The number of anilines is 1. The molecule has 3 aromatic heterocycles. The number of carbonyl (C=O) groups is 2. The van der Waals surface area contributed by atoms with E-state index in [4.69, 9.17) is 9.15 Å². The van der Waals surface area contributed by atoms with Crippen LogP contribution in [0.1, 0.15) is 46.2 Å². The number of fused-ring (bicyclic) bond motifs is 1. The number of esters is 1. The van der Waals surface area contributed by atoms with Crippen molar-refractivity contribution in [2.75, 3.05) is 12.4 Å². The van der Waals surface area contributed by atoms with E-state index in [9.17, 15) is 9.59 Å². The summed E-state index contributed by atoms with van der Waals surface area (Å²) in [5, 5.41) is 7.90. The van der Waals surface area contributed by atoms with Crippen LogP contribution in [0.3, 0.4) is 0 Å². The van der Waals surface area contributed by atoms with Gasteiger partial charge in [0.15, 0.2) is 11.4 Å². The van der Waals surface area contributed by atoms with Crippen molar-refractivity contribution in [3.63, 3.8) is 0 Å². The number of benzene rings is 1. The molecule has 4 aromatic rings. The molecule has 4 rings (SSSR count). The Morgan fingerprint density at radius 2 is 1.97 bits per heavy atom. The van der Waals surface area contributed by atoms with Crippen molar-refractivity contribution in [1.82, 2.24) is 14.8 Å². The summed E-state index contributed by atoms with van der Waals surface area (Å²) in [7, 11) is 1.30. The number of hydrogen-bond acceptors (Lipinski definition) is 6. The molecule has 1 N–H and O–H groups in total. The van der Waals surface area contributed by atoms with Crippen LogP contribution in [0.5, 0.6) is 0 Å². The van der Waals surface area contributed by atoms with Crippen molar-refractivity contribution < 1.29 is 18.7 Å². The van der Waals surface area contributed by atoms with Crippen LogP contribution in [-0.4, -0.2) is 33.8 Å². The number of hydrogen-bond donors (Lipinski definition) is 1. The minimum absolute atomic E-state index is 0.0510. The third-order valence-corrected chi connectivity index (χ3v) is 4.99. The summed E-state index contributed by atoms with van der Waals surface area (Å²) < 4.78 is 12.1. The molecule has 0 aliphatic rings. The zero-order valence-electron chi connectivity index (χ0n) is 17.7. The highest BCUT2D eigenvalue weighted by Crippen LogP contribution is 2.28. The molecule has 0 unspecified atom stereocenters. The number of nitrogens with one attached hydrogen (secondary N) is 1. The van der Waals surface area contributed by atoms with Crippen LogP contribution in [0.2, 0.25) is 0 Å². The van der Waals surface area contributed by atoms with Crippen LogP contribution in [0, 0.1) is 6.92 Å². The number of aromatic nitrogens is 3. The summed E-state index contributed by atoms with van der Waals surface area (Å²) in [6, 6.07) is 10.4. The molecule has 0 saturated carbocycles. The van der Waals surface area contributed by atoms with E-state index in [0.29, 0.717) is 33.7 Å². The Hall–Kier alpha value is -3.94. The first-order valence-electron chi connectivity index (χ1n) is 9.82. The van der Waals surface area contributed by atoms with Crippen LogP contribution in [-0.2, 0) is 4.74 Å². The fraction of sp³-hybridized carbons (Fsp3) is 0.217. The molecule has 0 radical (unpaired) electrons. The van der Waals surface area contributed by atoms with Gasteiger partial charge >= 0.3 is 5.97 Å². The van der Waals surface area contributed by atoms with Gasteiger partial charge in [0.05, 0.1) is 41.8 Å². The zero-order chi connectivity index (χ0) is 22.1. The van der Waals surface area contributed by atoms with Gasteiger partial charge in [0.25, 0.3) is 5.91 Å². The molecule has 158 valence electrons. The number of nitrogens with zero attached hydrogens (tertiary/aromatic N) is 3. The van der Waals surface area contributed by atoms with Crippen LogP contribution >= 0.6 is 0 Å². The Bertz CT molecular complexity index is 1270. The molecule has 1 amide bonds. The molecule has 3 heterocycles. The molecule has 0 atom stereocenters. The van der Waals surface area contributed by atoms with Gasteiger partial charge in [0.1, 0.15) is 5.69 Å². The van der Waals surface area contributed by atoms with Gasteiger partial charge in [-0.2, -0.15) is 5.10 Å². The fourth-order valence-electron chi connectivity index (χ4n) is 3.43. The SMILES string of the molecule is COC(=O)c1cccc(C)c1NC(=O)c1cc(-c2ccco2)nc2c1cnn2C(C)C. The Labute approximate surface area is 178 Å². The second-order valence-electron chi connectivity index (χ2n) is 7.40. The minimum atomic E-state index is -0.525. The maximum absolute atomic E-state index is 13.4. The number of furan rings is 1. The number of pyridine rings is 1. The molecule has 31 heavy (non-hydrogen) atoms. The molecule has 0 aliphatic carbocycles. The van der Waals surface area contributed by atoms with Gasteiger partial charge in [-0.05, 0) is 50.6 Å². The number of aryl methyl sites for hydroxylation is 1. The maximum Gasteiger partial charge on any atom is 0.339 e. The average Bonchev–Trinajstić information content (AvgIpc) is 3.43. The van der Waals surface area contributed by atoms with Crippen LogP contribution < -0.4 is 5.32 Å². The standard InChI is InChI=1S/C23H22N4O4/c1-13(2)27-21-17(12-24-27)16(11-18(25-21)19-9-6-10-31-19)22(28)26-20-14(3)7-5-8-15(20)23(29)30-4/h5-13H,1-4H3,(H,26,28). The number of methoxy groups -OCH3 is 1. The predicted molar refractivity (Wildman–Crippen MR) is 116 cm³/mol. The third kappa shape index (κ3) is 3.68. The first-order chi connectivity index (χ1) is 14.9. The van der Waals surface area contributed by atoms with Gasteiger partial charge in [-0.15, -0.1) is 0 Å². The summed E-state index contributed by atoms with van der Waals surface area (Å²) in [4.78, 5) is 30.3. The van der Waals surface area contributed by atoms with Crippen molar-refractivity contribution in [1.29, 1.82) is 0 Å². The van der Waals surface area contributed by atoms with Crippen LogP contribution in [0.4, 0.5) is 5.69 Å². The molecule has 1 aromatic carbocycles. The summed E-state index contributed by atoms with van der Waals surface area (Å²) >= 11 is 0. The first kappa shape index (κ1) is 20.3. The zero-order valence-corrected chi connectivity index (χ0v) is 17.7. The van der Waals surface area contributed by atoms with Crippen LogP contribution in [0.25, 0.3) is 22.5 Å². The molecule has 0 aliphatic heterocycles. The minimum Gasteiger partial charge on any atom is -0.465 e. The van der Waals surface area contributed by atoms with E-state index in [1.807, 2.05) is 26.8 Å². The van der Waals surface area contributed by atoms with E-state index in [1.165, 1.54) is 7.11 Å². The third-order valence-electron chi connectivity index (χ3n) is 4.99. The highest BCUT2D eigenvalue weighted by Gasteiger charge is 2.22. The van der Waals surface area contributed by atoms with Gasteiger partial charge in [0.2, 0.25) is 0 Å². The Morgan fingerprint density at radius 3 is 2.65 bits per heavy atom. The lowest BCUT2D eigenvalue weighted by Crippen LogP contribution is -2.17. The van der Waals surface area contributed by atoms with Gasteiger partial charge in [-0.25, -0.2) is 14.5 Å². The lowest BCUT2D eigenvalue weighted by Gasteiger charge is -2.14. The fourth-order valence-corrected chi connectivity index (χ4v) is 3.43. The van der Waals surface area contributed by atoms with E-state index in [-0.39, 0.29) is 17.5 Å². The lowest BCUT2D eigenvalue weighted by molar-refractivity contribution is 0.0602. The maximum atomic E-state index is 13.4. The van der Waals surface area contributed by atoms with Crippen molar-refractivity contribution in [2.24, 2.45) is 0 Å². The molecular formula is C23H22N4O4.